The molecule has 7 nitrogen and oxygen atoms in total. The van der Waals surface area contributed by atoms with Gasteiger partial charge in [0, 0.05) is 13.1 Å². The van der Waals surface area contributed by atoms with Gasteiger partial charge in [0.1, 0.15) is 5.82 Å². The molecule has 0 radical (unpaired) electrons. The van der Waals surface area contributed by atoms with Gasteiger partial charge in [-0.1, -0.05) is 19.4 Å². The molecule has 28 heavy (non-hydrogen) atoms. The molecule has 4 rings (SSSR count). The highest BCUT2D eigenvalue weighted by molar-refractivity contribution is 5.81. The van der Waals surface area contributed by atoms with Crippen molar-refractivity contribution in [2.75, 3.05) is 13.1 Å². The Morgan fingerprint density at radius 2 is 2.18 bits per heavy atom. The van der Waals surface area contributed by atoms with Gasteiger partial charge in [-0.3, -0.25) is 14.4 Å². The Kier molecular flexibility index (Phi) is 5.43. The number of fused-ring (bicyclic) bond motifs is 2. The topological polar surface area (TPSA) is 78.8 Å². The smallest absolute Gasteiger partial charge is 0.224 e. The number of amides is 1. The summed E-state index contributed by atoms with van der Waals surface area (Å²) < 4.78 is 2.08. The van der Waals surface area contributed by atoms with E-state index in [2.05, 4.69) is 43.0 Å². The number of imidazole rings is 1. The van der Waals surface area contributed by atoms with E-state index in [1.165, 1.54) is 18.5 Å². The van der Waals surface area contributed by atoms with E-state index in [1.807, 2.05) is 25.1 Å². The number of unbranched alkanes of at least 4 members (excludes halogenated alkanes) is 1. The van der Waals surface area contributed by atoms with Crippen LogP contribution in [0.4, 0.5) is 0 Å². The summed E-state index contributed by atoms with van der Waals surface area (Å²) in [7, 11) is 0. The fraction of sp³-hybridized carbons (Fsp3) is 0.476. The molecule has 0 spiro atoms. The zero-order chi connectivity index (χ0) is 19.5. The van der Waals surface area contributed by atoms with Crippen LogP contribution in [-0.2, 0) is 30.8 Å². The van der Waals surface area contributed by atoms with Crippen LogP contribution in [0.1, 0.15) is 42.5 Å². The van der Waals surface area contributed by atoms with E-state index in [0.717, 1.165) is 54.3 Å². The summed E-state index contributed by atoms with van der Waals surface area (Å²) in [6.45, 7) is 8.70. The Morgan fingerprint density at radius 3 is 3.04 bits per heavy atom. The van der Waals surface area contributed by atoms with Crippen LogP contribution in [0.2, 0.25) is 0 Å². The molecule has 2 aromatic heterocycles. The maximum absolute atomic E-state index is 12.4. The lowest BCUT2D eigenvalue weighted by Crippen LogP contribution is -2.34. The average Bonchev–Trinajstić information content (AvgIpc) is 3.25. The van der Waals surface area contributed by atoms with Gasteiger partial charge in [0.05, 0.1) is 41.9 Å². The minimum absolute atomic E-state index is 0.00568. The summed E-state index contributed by atoms with van der Waals surface area (Å²) in [6, 6.07) is 8.03. The van der Waals surface area contributed by atoms with E-state index in [9.17, 15) is 4.79 Å². The molecule has 0 fully saturated rings. The van der Waals surface area contributed by atoms with Gasteiger partial charge in [0.25, 0.3) is 0 Å². The second-order valence-corrected chi connectivity index (χ2v) is 7.61. The molecule has 1 aliphatic rings. The summed E-state index contributed by atoms with van der Waals surface area (Å²) >= 11 is 0. The molecule has 0 atom stereocenters. The largest absolute Gasteiger partial charge is 0.350 e. The number of benzene rings is 1. The third-order valence-electron chi connectivity index (χ3n) is 5.25. The van der Waals surface area contributed by atoms with Gasteiger partial charge in [0.2, 0.25) is 5.91 Å². The van der Waals surface area contributed by atoms with Crippen molar-refractivity contribution in [1.82, 2.24) is 30.0 Å². The third-order valence-corrected chi connectivity index (χ3v) is 5.25. The Hall–Kier alpha value is -2.67. The number of carbonyl (C=O) groups excluding carboxylic acids is 1. The highest BCUT2D eigenvalue weighted by Crippen LogP contribution is 2.15. The second kappa shape index (κ2) is 8.14. The monoisotopic (exact) mass is 380 g/mol. The summed E-state index contributed by atoms with van der Waals surface area (Å²) in [5, 5.41) is 7.65. The van der Waals surface area contributed by atoms with E-state index >= 15 is 0 Å². The Labute approximate surface area is 165 Å². The molecule has 1 aromatic carbocycles. The Morgan fingerprint density at radius 1 is 1.29 bits per heavy atom. The summed E-state index contributed by atoms with van der Waals surface area (Å²) in [5.41, 5.74) is 5.05. The second-order valence-electron chi connectivity index (χ2n) is 7.61. The number of hydrogen-bond donors (Lipinski definition) is 2. The molecule has 1 aliphatic heterocycles. The predicted octanol–water partition coefficient (Wildman–Crippen LogP) is 2.54. The van der Waals surface area contributed by atoms with Crippen LogP contribution in [0.15, 0.2) is 24.3 Å². The normalized spacial score (nSPS) is 14.4. The lowest BCUT2D eigenvalue weighted by Gasteiger charge is -2.27. The van der Waals surface area contributed by atoms with Crippen LogP contribution in [0.25, 0.3) is 11.0 Å². The van der Waals surface area contributed by atoms with Crippen molar-refractivity contribution in [3.63, 3.8) is 0 Å². The van der Waals surface area contributed by atoms with E-state index in [-0.39, 0.29) is 5.91 Å². The first-order valence-corrected chi connectivity index (χ1v) is 10.1. The molecular weight excluding hydrogens is 352 g/mol. The summed E-state index contributed by atoms with van der Waals surface area (Å²) in [5.74, 6) is 0.889. The van der Waals surface area contributed by atoms with Crippen LogP contribution < -0.4 is 5.32 Å². The van der Waals surface area contributed by atoms with Crippen molar-refractivity contribution >= 4 is 16.9 Å². The molecule has 2 N–H and O–H groups in total. The van der Waals surface area contributed by atoms with Gasteiger partial charge < -0.3 is 10.3 Å². The fourth-order valence-corrected chi connectivity index (χ4v) is 3.77. The van der Waals surface area contributed by atoms with E-state index in [4.69, 9.17) is 0 Å². The first-order valence-electron chi connectivity index (χ1n) is 10.1. The highest BCUT2D eigenvalue weighted by Gasteiger charge is 2.18. The van der Waals surface area contributed by atoms with Crippen molar-refractivity contribution in [1.29, 1.82) is 0 Å². The first kappa shape index (κ1) is 18.7. The van der Waals surface area contributed by atoms with Gasteiger partial charge in [-0.05, 0) is 43.7 Å². The zero-order valence-electron chi connectivity index (χ0n) is 16.7. The molecule has 7 heteroatoms. The Bertz CT molecular complexity index is 973. The lowest BCUT2D eigenvalue weighted by atomic mass is 10.1. The van der Waals surface area contributed by atoms with Crippen LogP contribution in [0.5, 0.6) is 0 Å². The number of carbonyl (C=O) groups is 1. The van der Waals surface area contributed by atoms with Crippen molar-refractivity contribution < 1.29 is 4.79 Å². The van der Waals surface area contributed by atoms with Crippen LogP contribution >= 0.6 is 0 Å². The summed E-state index contributed by atoms with van der Waals surface area (Å²) in [4.78, 5) is 22.5. The van der Waals surface area contributed by atoms with Gasteiger partial charge in [-0.2, -0.15) is 5.10 Å². The highest BCUT2D eigenvalue weighted by atomic mass is 16.1. The lowest BCUT2D eigenvalue weighted by molar-refractivity contribution is -0.120. The molecule has 0 aliphatic carbocycles. The van der Waals surface area contributed by atoms with Gasteiger partial charge >= 0.3 is 0 Å². The molecule has 3 aromatic rings. The first-order chi connectivity index (χ1) is 13.6. The van der Waals surface area contributed by atoms with Gasteiger partial charge in [0.15, 0.2) is 0 Å². The standard InChI is InChI=1S/C21H28N6O/c1-3-4-7-26-8-9-27-18(14-26)12-17(25-27)13-22-21(28)11-16-5-6-19-20(10-16)24-15(2)23-19/h5-6,10,12H,3-4,7-9,11,13-14H2,1-2H3,(H,22,28)(H,23,24). The van der Waals surface area contributed by atoms with E-state index in [1.54, 1.807) is 0 Å². The minimum atomic E-state index is 0.00568. The fourth-order valence-electron chi connectivity index (χ4n) is 3.77. The number of aryl methyl sites for hydroxylation is 1. The van der Waals surface area contributed by atoms with E-state index < -0.39 is 0 Å². The number of hydrogen-bond acceptors (Lipinski definition) is 4. The number of nitrogens with one attached hydrogen (secondary N) is 2. The molecule has 0 saturated carbocycles. The zero-order valence-corrected chi connectivity index (χ0v) is 16.7. The number of rotatable bonds is 7. The third kappa shape index (κ3) is 4.25. The molecule has 0 unspecified atom stereocenters. The molecule has 3 heterocycles. The van der Waals surface area contributed by atoms with Crippen LogP contribution in [0, 0.1) is 6.92 Å². The Balaban J connectivity index is 1.31. The maximum Gasteiger partial charge on any atom is 0.224 e. The van der Waals surface area contributed by atoms with Crippen molar-refractivity contribution in [3.05, 3.63) is 47.0 Å². The predicted molar refractivity (Wildman–Crippen MR) is 109 cm³/mol. The number of H-pyrrole nitrogens is 1. The van der Waals surface area contributed by atoms with Crippen molar-refractivity contribution in [3.8, 4) is 0 Å². The quantitative estimate of drug-likeness (QED) is 0.660. The molecular formula is C21H28N6O. The maximum atomic E-state index is 12.4. The summed E-state index contributed by atoms with van der Waals surface area (Å²) in [6.07, 6.45) is 2.81. The molecule has 148 valence electrons. The van der Waals surface area contributed by atoms with Crippen LogP contribution in [-0.4, -0.2) is 43.6 Å². The number of aromatic nitrogens is 4. The average molecular weight is 380 g/mol. The van der Waals surface area contributed by atoms with Crippen molar-refractivity contribution in [2.24, 2.45) is 0 Å². The van der Waals surface area contributed by atoms with E-state index in [0.29, 0.717) is 13.0 Å². The molecule has 1 amide bonds. The SMILES string of the molecule is CCCCN1CCn2nc(CNC(=O)Cc3ccc4nc(C)[nH]c4c3)cc2C1. The molecule has 0 saturated heterocycles. The number of nitrogens with zero attached hydrogens (tertiary/aromatic N) is 4. The number of aromatic amines is 1. The molecule has 0 bridgehead atoms. The van der Waals surface area contributed by atoms with Gasteiger partial charge in [-0.15, -0.1) is 0 Å². The minimum Gasteiger partial charge on any atom is -0.350 e. The van der Waals surface area contributed by atoms with Gasteiger partial charge in [-0.25, -0.2) is 4.98 Å². The van der Waals surface area contributed by atoms with Crippen molar-refractivity contribution in [2.45, 2.75) is 52.7 Å². The van der Waals surface area contributed by atoms with Crippen LogP contribution in [0.3, 0.4) is 0 Å².